The van der Waals surface area contributed by atoms with E-state index in [9.17, 15) is 4.79 Å². The van der Waals surface area contributed by atoms with Crippen molar-refractivity contribution < 1.29 is 19.4 Å². The van der Waals surface area contributed by atoms with E-state index in [0.717, 1.165) is 17.7 Å². The number of carbonyl (C=O) groups is 1. The molecule has 21 heavy (non-hydrogen) atoms. The van der Waals surface area contributed by atoms with Crippen LogP contribution < -0.4 is 15.2 Å². The van der Waals surface area contributed by atoms with E-state index in [2.05, 4.69) is 0 Å². The predicted octanol–water partition coefficient (Wildman–Crippen LogP) is 2.36. The van der Waals surface area contributed by atoms with Crippen LogP contribution in [0.2, 0.25) is 0 Å². The van der Waals surface area contributed by atoms with Crippen LogP contribution in [-0.4, -0.2) is 28.3 Å². The predicted molar refractivity (Wildman–Crippen MR) is 79.8 cm³/mol. The molecule has 1 aromatic carbocycles. The van der Waals surface area contributed by atoms with Crippen LogP contribution in [-0.2, 0) is 11.2 Å². The maximum Gasteiger partial charge on any atom is 0.323 e. The Kier molecular flexibility index (Phi) is 3.89. The lowest BCUT2D eigenvalue weighted by Crippen LogP contribution is -2.47. The van der Waals surface area contributed by atoms with Crippen LogP contribution in [0.3, 0.4) is 0 Å². The minimum absolute atomic E-state index is 0.218. The summed E-state index contributed by atoms with van der Waals surface area (Å²) in [5.74, 6) is 0.365. The fraction of sp³-hybridized carbons (Fsp3) is 0.562. The van der Waals surface area contributed by atoms with Crippen molar-refractivity contribution in [1.82, 2.24) is 0 Å². The topological polar surface area (TPSA) is 81.8 Å². The zero-order chi connectivity index (χ0) is 15.8. The number of ether oxygens (including phenoxy) is 2. The summed E-state index contributed by atoms with van der Waals surface area (Å²) in [6.45, 7) is 7.36. The lowest BCUT2D eigenvalue weighted by Gasteiger charge is -2.25. The molecule has 5 nitrogen and oxygen atoms in total. The maximum absolute atomic E-state index is 11.1. The van der Waals surface area contributed by atoms with E-state index in [4.69, 9.17) is 20.3 Å². The molecule has 2 rings (SSSR count). The first-order valence-corrected chi connectivity index (χ1v) is 7.10. The average Bonchev–Trinajstić information content (AvgIpc) is 2.63. The third kappa shape index (κ3) is 3.47. The summed E-state index contributed by atoms with van der Waals surface area (Å²) in [7, 11) is 0. The van der Waals surface area contributed by atoms with Crippen LogP contribution in [0.4, 0.5) is 0 Å². The van der Waals surface area contributed by atoms with Gasteiger partial charge in [0.1, 0.15) is 11.1 Å². The second kappa shape index (κ2) is 5.22. The highest BCUT2D eigenvalue weighted by molar-refractivity contribution is 5.77. The number of rotatable bonds is 5. The summed E-state index contributed by atoms with van der Waals surface area (Å²) in [5.41, 5.74) is 5.32. The minimum atomic E-state index is -1.31. The third-order valence-corrected chi connectivity index (χ3v) is 3.58. The molecule has 3 N–H and O–H groups in total. The van der Waals surface area contributed by atoms with Gasteiger partial charge in [-0.1, -0.05) is 12.1 Å². The fourth-order valence-corrected chi connectivity index (χ4v) is 2.62. The molecule has 5 heteroatoms. The summed E-state index contributed by atoms with van der Waals surface area (Å²) in [4.78, 5) is 11.1. The summed E-state index contributed by atoms with van der Waals surface area (Å²) in [6, 6.07) is 5.78. The standard InChI is InChI=1S/C16H23NO4/c1-10(8-16(4,17)14(18)19)20-12-7-5-6-11-9-15(2,3)21-13(11)12/h5-7,10H,8-9,17H2,1-4H3,(H,18,19). The van der Waals surface area contributed by atoms with Crippen molar-refractivity contribution >= 4 is 5.97 Å². The Labute approximate surface area is 125 Å². The van der Waals surface area contributed by atoms with Crippen molar-refractivity contribution in [1.29, 1.82) is 0 Å². The smallest absolute Gasteiger partial charge is 0.323 e. The number of nitrogens with two attached hydrogens (primary N) is 1. The highest BCUT2D eigenvalue weighted by atomic mass is 16.5. The second-order valence-electron chi connectivity index (χ2n) is 6.64. The van der Waals surface area contributed by atoms with Crippen LogP contribution in [0.5, 0.6) is 11.5 Å². The monoisotopic (exact) mass is 293 g/mol. The van der Waals surface area contributed by atoms with Crippen molar-refractivity contribution in [3.63, 3.8) is 0 Å². The Balaban J connectivity index is 2.12. The van der Waals surface area contributed by atoms with Gasteiger partial charge in [0.05, 0.1) is 6.10 Å². The summed E-state index contributed by atoms with van der Waals surface area (Å²) in [5, 5.41) is 9.07. The zero-order valence-electron chi connectivity index (χ0n) is 13.0. The Bertz CT molecular complexity index is 551. The second-order valence-corrected chi connectivity index (χ2v) is 6.64. The number of hydrogen-bond acceptors (Lipinski definition) is 4. The van der Waals surface area contributed by atoms with Gasteiger partial charge < -0.3 is 20.3 Å². The Morgan fingerprint density at radius 1 is 1.57 bits per heavy atom. The number of benzene rings is 1. The molecule has 1 aromatic rings. The van der Waals surface area contributed by atoms with Gasteiger partial charge in [-0.3, -0.25) is 4.79 Å². The fourth-order valence-electron chi connectivity index (χ4n) is 2.62. The molecule has 0 bridgehead atoms. The molecule has 0 radical (unpaired) electrons. The molecule has 1 heterocycles. The highest BCUT2D eigenvalue weighted by Gasteiger charge is 2.34. The van der Waals surface area contributed by atoms with Crippen LogP contribution in [0.25, 0.3) is 0 Å². The van der Waals surface area contributed by atoms with Crippen molar-refractivity contribution in [2.75, 3.05) is 0 Å². The van der Waals surface area contributed by atoms with Gasteiger partial charge in [-0.2, -0.15) is 0 Å². The minimum Gasteiger partial charge on any atom is -0.487 e. The quantitative estimate of drug-likeness (QED) is 0.871. The van der Waals surface area contributed by atoms with Gasteiger partial charge in [0, 0.05) is 18.4 Å². The van der Waals surface area contributed by atoms with Crippen LogP contribution in [0.1, 0.15) is 39.7 Å². The first-order chi connectivity index (χ1) is 9.61. The number of fused-ring (bicyclic) bond motifs is 1. The van der Waals surface area contributed by atoms with Gasteiger partial charge in [0.15, 0.2) is 11.5 Å². The molecule has 0 aliphatic carbocycles. The Morgan fingerprint density at radius 2 is 2.24 bits per heavy atom. The molecule has 2 unspecified atom stereocenters. The van der Waals surface area contributed by atoms with Gasteiger partial charge in [-0.15, -0.1) is 0 Å². The van der Waals surface area contributed by atoms with E-state index in [-0.39, 0.29) is 18.1 Å². The lowest BCUT2D eigenvalue weighted by molar-refractivity contribution is -0.143. The van der Waals surface area contributed by atoms with Gasteiger partial charge >= 0.3 is 5.97 Å². The molecule has 116 valence electrons. The maximum atomic E-state index is 11.1. The largest absolute Gasteiger partial charge is 0.487 e. The third-order valence-electron chi connectivity index (χ3n) is 3.58. The molecule has 0 amide bonds. The van der Waals surface area contributed by atoms with Crippen LogP contribution >= 0.6 is 0 Å². The van der Waals surface area contributed by atoms with Crippen LogP contribution in [0, 0.1) is 0 Å². The highest BCUT2D eigenvalue weighted by Crippen LogP contribution is 2.42. The van der Waals surface area contributed by atoms with Gasteiger partial charge in [-0.05, 0) is 33.8 Å². The number of para-hydroxylation sites is 1. The van der Waals surface area contributed by atoms with Gasteiger partial charge in [0.25, 0.3) is 0 Å². The molecule has 0 saturated carbocycles. The normalized spacial score (nSPS) is 20.0. The van der Waals surface area contributed by atoms with E-state index in [0.29, 0.717) is 5.75 Å². The number of aliphatic carboxylic acids is 1. The Morgan fingerprint density at radius 3 is 2.86 bits per heavy atom. The van der Waals surface area contributed by atoms with Crippen molar-refractivity contribution in [2.24, 2.45) is 5.73 Å². The Hall–Kier alpha value is -1.75. The number of carboxylic acid groups (broad SMARTS) is 1. The van der Waals surface area contributed by atoms with E-state index in [1.54, 1.807) is 0 Å². The van der Waals surface area contributed by atoms with Crippen molar-refractivity contribution in [3.05, 3.63) is 23.8 Å². The lowest BCUT2D eigenvalue weighted by atomic mass is 9.96. The van der Waals surface area contributed by atoms with E-state index < -0.39 is 11.5 Å². The SMILES string of the molecule is CC(CC(C)(N)C(=O)O)Oc1cccc2c1OC(C)(C)C2. The van der Waals surface area contributed by atoms with E-state index in [1.165, 1.54) is 6.92 Å². The van der Waals surface area contributed by atoms with Crippen molar-refractivity contribution in [3.8, 4) is 11.5 Å². The summed E-state index contributed by atoms with van der Waals surface area (Å²) in [6.07, 6.45) is 0.724. The molecular weight excluding hydrogens is 270 g/mol. The molecule has 0 saturated heterocycles. The van der Waals surface area contributed by atoms with E-state index in [1.807, 2.05) is 39.0 Å². The molecule has 1 aliphatic heterocycles. The summed E-state index contributed by atoms with van der Waals surface area (Å²) < 4.78 is 11.8. The van der Waals surface area contributed by atoms with Crippen LogP contribution in [0.15, 0.2) is 18.2 Å². The molecule has 0 aromatic heterocycles. The molecule has 0 fully saturated rings. The van der Waals surface area contributed by atoms with Gasteiger partial charge in [0.2, 0.25) is 0 Å². The molecule has 1 aliphatic rings. The van der Waals surface area contributed by atoms with Gasteiger partial charge in [-0.25, -0.2) is 0 Å². The average molecular weight is 293 g/mol. The molecule has 2 atom stereocenters. The zero-order valence-corrected chi connectivity index (χ0v) is 13.0. The summed E-state index contributed by atoms with van der Waals surface area (Å²) >= 11 is 0. The number of carboxylic acids is 1. The molecular formula is C16H23NO4. The van der Waals surface area contributed by atoms with E-state index >= 15 is 0 Å². The first kappa shape index (κ1) is 15.6. The van der Waals surface area contributed by atoms with Crippen molar-refractivity contribution in [2.45, 2.75) is 57.8 Å². The number of hydrogen-bond donors (Lipinski definition) is 2. The molecule has 0 spiro atoms. The first-order valence-electron chi connectivity index (χ1n) is 7.10.